The maximum absolute atomic E-state index is 14.8. The number of aryl methyl sites for hydroxylation is 1. The Balaban J connectivity index is 1.37. The molecule has 13 nitrogen and oxygen atoms in total. The molecule has 47 heavy (non-hydrogen) atoms. The summed E-state index contributed by atoms with van der Waals surface area (Å²) in [5.41, 5.74) is 19.3. The van der Waals surface area contributed by atoms with E-state index in [0.717, 1.165) is 5.56 Å². The van der Waals surface area contributed by atoms with E-state index in [-0.39, 0.29) is 35.0 Å². The molecule has 15 heteroatoms. The first-order chi connectivity index (χ1) is 22.5. The van der Waals surface area contributed by atoms with Crippen LogP contribution in [0.2, 0.25) is 0 Å². The smallest absolute Gasteiger partial charge is 0.251 e. The Kier molecular flexibility index (Phi) is 11.6. The monoisotopic (exact) mass is 650 g/mol. The number of ether oxygens (including phenoxy) is 1. The fourth-order valence-corrected chi connectivity index (χ4v) is 4.91. The topological polar surface area (TPSA) is 200 Å². The summed E-state index contributed by atoms with van der Waals surface area (Å²) < 4.78 is 35.7. The van der Waals surface area contributed by atoms with Gasteiger partial charge in [0.05, 0.1) is 25.0 Å². The van der Waals surface area contributed by atoms with Crippen LogP contribution in [0.3, 0.4) is 0 Å². The van der Waals surface area contributed by atoms with Crippen molar-refractivity contribution in [1.29, 1.82) is 0 Å². The van der Waals surface area contributed by atoms with Gasteiger partial charge in [-0.15, -0.1) is 0 Å². The number of methoxy groups -OCH3 is 1. The Morgan fingerprint density at radius 1 is 1.09 bits per heavy atom. The van der Waals surface area contributed by atoms with Gasteiger partial charge in [-0.3, -0.25) is 19.0 Å². The number of imidazole rings is 1. The third kappa shape index (κ3) is 8.49. The molecule has 2 aromatic carbocycles. The molecule has 2 aromatic heterocycles. The number of halogens is 2. The van der Waals surface area contributed by atoms with Crippen LogP contribution in [-0.2, 0) is 11.2 Å². The van der Waals surface area contributed by atoms with E-state index in [2.05, 4.69) is 30.9 Å². The van der Waals surface area contributed by atoms with Crippen molar-refractivity contribution in [2.24, 2.45) is 28.1 Å². The summed E-state index contributed by atoms with van der Waals surface area (Å²) in [6.45, 7) is 4.94. The number of carbonyl (C=O) groups excluding carboxylic acids is 2. The van der Waals surface area contributed by atoms with Gasteiger partial charge in [0.25, 0.3) is 5.91 Å². The highest BCUT2D eigenvalue weighted by atomic mass is 19.2. The van der Waals surface area contributed by atoms with Crippen LogP contribution < -0.4 is 37.9 Å². The summed E-state index contributed by atoms with van der Waals surface area (Å²) in [5.74, 6) is -2.50. The highest BCUT2D eigenvalue weighted by molar-refractivity contribution is 5.96. The van der Waals surface area contributed by atoms with Gasteiger partial charge in [0.15, 0.2) is 29.0 Å². The average molecular weight is 651 g/mol. The van der Waals surface area contributed by atoms with Crippen molar-refractivity contribution in [3.8, 4) is 17.0 Å². The van der Waals surface area contributed by atoms with Gasteiger partial charge in [-0.05, 0) is 61.1 Å². The number of guanidine groups is 1. The number of nitrogens with zero attached hydrogens (tertiary/aromatic N) is 4. The number of aromatic nitrogens is 3. The fraction of sp³-hybridized carbons (Fsp3) is 0.344. The van der Waals surface area contributed by atoms with Crippen LogP contribution in [0.5, 0.6) is 5.75 Å². The van der Waals surface area contributed by atoms with Crippen LogP contribution in [0.1, 0.15) is 42.6 Å². The number of nitrogens with one attached hydrogen (secondary N) is 3. The van der Waals surface area contributed by atoms with Gasteiger partial charge in [0, 0.05) is 48.8 Å². The van der Waals surface area contributed by atoms with Gasteiger partial charge < -0.3 is 37.9 Å². The van der Waals surface area contributed by atoms with Crippen molar-refractivity contribution in [3.05, 3.63) is 71.7 Å². The number of hydrogen-bond acceptors (Lipinski definition) is 8. The van der Waals surface area contributed by atoms with E-state index >= 15 is 0 Å². The summed E-state index contributed by atoms with van der Waals surface area (Å²) in [4.78, 5) is 38.1. The van der Waals surface area contributed by atoms with Gasteiger partial charge in [0.1, 0.15) is 0 Å². The number of carbonyl (C=O) groups is 2. The second-order valence-corrected chi connectivity index (χ2v) is 11.0. The molecule has 2 amide bonds. The molecular formula is C32H40F2N10O3. The van der Waals surface area contributed by atoms with Crippen LogP contribution in [0.25, 0.3) is 16.9 Å². The Labute approximate surface area is 271 Å². The second-order valence-electron chi connectivity index (χ2n) is 11.0. The molecule has 2 heterocycles. The quantitative estimate of drug-likeness (QED) is 0.0636. The Hall–Kier alpha value is -5.31. The average Bonchev–Trinajstić information content (AvgIpc) is 3.50. The van der Waals surface area contributed by atoms with Crippen molar-refractivity contribution < 1.29 is 23.1 Å². The van der Waals surface area contributed by atoms with Crippen molar-refractivity contribution in [3.63, 3.8) is 0 Å². The summed E-state index contributed by atoms with van der Waals surface area (Å²) in [6, 6.07) is 7.42. The molecule has 0 unspecified atom stereocenters. The molecule has 250 valence electrons. The van der Waals surface area contributed by atoms with Crippen molar-refractivity contribution in [1.82, 2.24) is 25.0 Å². The zero-order chi connectivity index (χ0) is 34.1. The number of rotatable bonds is 15. The zero-order valence-corrected chi connectivity index (χ0v) is 26.5. The van der Waals surface area contributed by atoms with Gasteiger partial charge in [-0.25, -0.2) is 14.4 Å². The molecule has 0 bridgehead atoms. The molecule has 0 aliphatic carbocycles. The summed E-state index contributed by atoms with van der Waals surface area (Å²) in [6.07, 6.45) is 6.17. The first-order valence-electron chi connectivity index (χ1n) is 15.1. The minimum absolute atomic E-state index is 0.00139. The first-order valence-corrected chi connectivity index (χ1v) is 15.1. The molecule has 0 saturated heterocycles. The van der Waals surface area contributed by atoms with E-state index in [1.54, 1.807) is 22.7 Å². The molecular weight excluding hydrogens is 610 g/mol. The van der Waals surface area contributed by atoms with Crippen LogP contribution >= 0.6 is 0 Å². The molecule has 0 spiro atoms. The third-order valence-electron chi connectivity index (χ3n) is 7.50. The summed E-state index contributed by atoms with van der Waals surface area (Å²) in [5, 5.41) is 8.98. The van der Waals surface area contributed by atoms with Crippen LogP contribution in [0, 0.1) is 17.6 Å². The maximum Gasteiger partial charge on any atom is 0.251 e. The number of nitrogens with two attached hydrogens (primary N) is 3. The Morgan fingerprint density at radius 2 is 1.85 bits per heavy atom. The van der Waals surface area contributed by atoms with E-state index in [0.29, 0.717) is 67.3 Å². The first kappa shape index (κ1) is 34.6. The van der Waals surface area contributed by atoms with Crippen molar-refractivity contribution in [2.45, 2.75) is 39.2 Å². The lowest BCUT2D eigenvalue weighted by molar-refractivity contribution is -0.122. The molecule has 0 saturated carbocycles. The molecule has 4 aromatic rings. The largest absolute Gasteiger partial charge is 0.494 e. The molecule has 0 radical (unpaired) electrons. The minimum Gasteiger partial charge on any atom is -0.494 e. The van der Waals surface area contributed by atoms with E-state index in [9.17, 15) is 18.4 Å². The minimum atomic E-state index is -1.09. The highest BCUT2D eigenvalue weighted by Gasteiger charge is 2.20. The van der Waals surface area contributed by atoms with E-state index in [1.807, 2.05) is 19.9 Å². The fourth-order valence-electron chi connectivity index (χ4n) is 4.91. The zero-order valence-electron chi connectivity index (χ0n) is 26.5. The normalized spacial score (nSPS) is 12.3. The molecule has 0 aliphatic heterocycles. The number of hydrogen-bond donors (Lipinski definition) is 6. The molecule has 2 atom stereocenters. The SMILES string of the molecule is CCc1cc(Nc2nccn3c(-c4ccc(OC)c(F)c4F)cnc23)ccc1C(=O)NC[C@@H](C)CNC(=O)[C@H](N)CCCN=C(N)N. The van der Waals surface area contributed by atoms with Gasteiger partial charge >= 0.3 is 0 Å². The highest BCUT2D eigenvalue weighted by Crippen LogP contribution is 2.31. The van der Waals surface area contributed by atoms with Gasteiger partial charge in [-0.1, -0.05) is 13.8 Å². The lowest BCUT2D eigenvalue weighted by atomic mass is 10.0. The predicted molar refractivity (Wildman–Crippen MR) is 176 cm³/mol. The van der Waals surface area contributed by atoms with E-state index in [4.69, 9.17) is 21.9 Å². The summed E-state index contributed by atoms with van der Waals surface area (Å²) in [7, 11) is 1.27. The number of benzene rings is 2. The van der Waals surface area contributed by atoms with Gasteiger partial charge in [0.2, 0.25) is 11.7 Å². The second kappa shape index (κ2) is 15.8. The van der Waals surface area contributed by atoms with Gasteiger partial charge in [-0.2, -0.15) is 4.39 Å². The number of aliphatic imine (C=N–C) groups is 1. The maximum atomic E-state index is 14.8. The summed E-state index contributed by atoms with van der Waals surface area (Å²) >= 11 is 0. The molecule has 0 fully saturated rings. The lowest BCUT2D eigenvalue weighted by Gasteiger charge is -2.17. The Bertz CT molecular complexity index is 1760. The molecule has 0 aliphatic rings. The van der Waals surface area contributed by atoms with Crippen molar-refractivity contribution >= 4 is 34.9 Å². The lowest BCUT2D eigenvalue weighted by Crippen LogP contribution is -2.43. The van der Waals surface area contributed by atoms with Crippen LogP contribution in [0.4, 0.5) is 20.3 Å². The Morgan fingerprint density at radius 3 is 2.57 bits per heavy atom. The number of anilines is 2. The van der Waals surface area contributed by atoms with Crippen LogP contribution in [-0.4, -0.2) is 64.9 Å². The standard InChI is InChI=1S/C32H40F2N10O3/c1-4-19-14-20(7-8-21(19)30(45)41-15-18(2)16-42-31(46)23(35)6-5-11-39-32(36)37)43-28-29-40-17-24(44(29)13-12-38-28)22-9-10-25(47-3)27(34)26(22)33/h7-10,12-14,17-18,23H,4-6,11,15-16,35H2,1-3H3,(H,38,43)(H,41,45)(H,42,46)(H4,36,37,39)/t18-,23-/m1/s1. The predicted octanol–water partition coefficient (Wildman–Crippen LogP) is 2.85. The van der Waals surface area contributed by atoms with E-state index < -0.39 is 17.7 Å². The molecule has 9 N–H and O–H groups in total. The van der Waals surface area contributed by atoms with Crippen LogP contribution in [0.15, 0.2) is 53.9 Å². The molecule has 4 rings (SSSR count). The number of amides is 2. The van der Waals surface area contributed by atoms with Crippen molar-refractivity contribution in [2.75, 3.05) is 32.1 Å². The third-order valence-corrected chi connectivity index (χ3v) is 7.50. The van der Waals surface area contributed by atoms with E-state index in [1.165, 1.54) is 31.6 Å². The number of fused-ring (bicyclic) bond motifs is 1.